The van der Waals surface area contributed by atoms with E-state index in [-0.39, 0.29) is 0 Å². The summed E-state index contributed by atoms with van der Waals surface area (Å²) in [5.74, 6) is -1.70. The van der Waals surface area contributed by atoms with Gasteiger partial charge < -0.3 is 49.3 Å². The van der Waals surface area contributed by atoms with Crippen molar-refractivity contribution in [2.75, 3.05) is 13.7 Å². The number of aliphatic imine (C=N–C) groups is 1. The summed E-state index contributed by atoms with van der Waals surface area (Å²) in [5.41, 5.74) is -13.5. The van der Waals surface area contributed by atoms with Crippen molar-refractivity contribution in [1.82, 2.24) is 0 Å². The lowest BCUT2D eigenvalue weighted by atomic mass is 9.61. The van der Waals surface area contributed by atoms with E-state index in [0.717, 1.165) is 0 Å². The summed E-state index contributed by atoms with van der Waals surface area (Å²) < 4.78 is 23.5. The van der Waals surface area contributed by atoms with Crippen LogP contribution in [0.15, 0.2) is 4.99 Å². The molecule has 2 heterocycles. The van der Waals surface area contributed by atoms with Gasteiger partial charge in [0.1, 0.15) is 45.2 Å². The maximum absolute atomic E-state index is 12.3. The Bertz CT molecular complexity index is 804. The van der Waals surface area contributed by atoms with Crippen LogP contribution in [0, 0.1) is 0 Å². The van der Waals surface area contributed by atoms with Gasteiger partial charge in [-0.3, -0.25) is 4.99 Å². The third-order valence-corrected chi connectivity index (χ3v) is 8.77. The molecule has 10 unspecified atom stereocenters. The average molecular weight is 477 g/mol. The Morgan fingerprint density at radius 2 is 1.64 bits per heavy atom. The van der Waals surface area contributed by atoms with Gasteiger partial charge in [0, 0.05) is 7.11 Å². The molecule has 192 valence electrons. The molecular formula is C22H38NO10-. The molecule has 2 rings (SSSR count). The normalized spacial score (nSPS) is 55.2. The number of carboxylic acids is 1. The molecule has 4 N–H and O–H groups in total. The number of methoxy groups -OCH3 is 1. The molecule has 2 aliphatic heterocycles. The van der Waals surface area contributed by atoms with E-state index in [1.165, 1.54) is 62.5 Å². The van der Waals surface area contributed by atoms with Gasteiger partial charge in [0.05, 0.1) is 18.7 Å². The molecule has 0 aromatic rings. The molecule has 11 heteroatoms. The first-order valence-corrected chi connectivity index (χ1v) is 10.7. The molecular weight excluding hydrogens is 438 g/mol. The second kappa shape index (κ2) is 7.92. The summed E-state index contributed by atoms with van der Waals surface area (Å²) in [6.45, 7) is 13.7. The van der Waals surface area contributed by atoms with Crippen LogP contribution >= 0.6 is 0 Å². The number of carboxylic acid groups (broad SMARTS) is 1. The van der Waals surface area contributed by atoms with Crippen molar-refractivity contribution in [2.45, 2.75) is 113 Å². The van der Waals surface area contributed by atoms with Crippen molar-refractivity contribution in [2.24, 2.45) is 4.99 Å². The molecule has 0 amide bonds. The van der Waals surface area contributed by atoms with Crippen LogP contribution in [0.3, 0.4) is 0 Å². The summed E-state index contributed by atoms with van der Waals surface area (Å²) in [6, 6.07) is 0. The number of aliphatic hydroxyl groups is 4. The second-order valence-corrected chi connectivity index (χ2v) is 10.4. The van der Waals surface area contributed by atoms with Crippen molar-refractivity contribution in [3.63, 3.8) is 0 Å². The Hall–Kier alpha value is -1.18. The number of nitrogens with zero attached hydrogens (tertiary/aromatic N) is 1. The molecule has 2 fully saturated rings. The van der Waals surface area contributed by atoms with E-state index in [4.69, 9.17) is 18.9 Å². The van der Waals surface area contributed by atoms with E-state index >= 15 is 0 Å². The minimum atomic E-state index is -2.28. The Morgan fingerprint density at radius 3 is 2.03 bits per heavy atom. The summed E-state index contributed by atoms with van der Waals surface area (Å²) in [5, 5.41) is 56.1. The van der Waals surface area contributed by atoms with Gasteiger partial charge in [-0.05, 0) is 62.1 Å². The van der Waals surface area contributed by atoms with Crippen LogP contribution in [0.25, 0.3) is 0 Å². The number of hydrogen-bond acceptors (Lipinski definition) is 11. The number of aliphatic hydroxyl groups excluding tert-OH is 2. The van der Waals surface area contributed by atoms with E-state index in [9.17, 15) is 30.3 Å². The van der Waals surface area contributed by atoms with E-state index in [1.807, 2.05) is 0 Å². The molecule has 11 nitrogen and oxygen atoms in total. The molecule has 0 aromatic carbocycles. The predicted molar refractivity (Wildman–Crippen MR) is 114 cm³/mol. The largest absolute Gasteiger partial charge is 0.547 e. The summed E-state index contributed by atoms with van der Waals surface area (Å²) in [7, 11) is 1.33. The van der Waals surface area contributed by atoms with Gasteiger partial charge in [-0.1, -0.05) is 0 Å². The monoisotopic (exact) mass is 476 g/mol. The lowest BCUT2D eigenvalue weighted by Crippen LogP contribution is -2.85. The number of hydrogen-bond donors (Lipinski definition) is 4. The summed E-state index contributed by atoms with van der Waals surface area (Å²) >= 11 is 0. The minimum absolute atomic E-state index is 0.656. The van der Waals surface area contributed by atoms with Crippen molar-refractivity contribution in [3.8, 4) is 0 Å². The van der Waals surface area contributed by atoms with Crippen LogP contribution in [0.1, 0.15) is 55.4 Å². The molecule has 33 heavy (non-hydrogen) atoms. The highest BCUT2D eigenvalue weighted by molar-refractivity contribution is 5.77. The topological polar surface area (TPSA) is 170 Å². The van der Waals surface area contributed by atoms with Gasteiger partial charge >= 0.3 is 0 Å². The van der Waals surface area contributed by atoms with E-state index in [2.05, 4.69) is 11.7 Å². The Labute approximate surface area is 194 Å². The highest BCUT2D eigenvalue weighted by Crippen LogP contribution is 2.55. The third kappa shape index (κ3) is 3.24. The maximum Gasteiger partial charge on any atom is 0.187 e. The first-order chi connectivity index (χ1) is 14.7. The molecule has 10 atom stereocenters. The highest BCUT2D eigenvalue weighted by Gasteiger charge is 2.74. The van der Waals surface area contributed by atoms with Crippen LogP contribution in [0.5, 0.6) is 0 Å². The highest BCUT2D eigenvalue weighted by atomic mass is 16.7. The quantitative estimate of drug-likeness (QED) is 0.332. The van der Waals surface area contributed by atoms with Crippen LogP contribution in [-0.4, -0.2) is 104 Å². The van der Waals surface area contributed by atoms with Crippen molar-refractivity contribution in [1.29, 1.82) is 0 Å². The van der Waals surface area contributed by atoms with E-state index < -0.39 is 70.2 Å². The zero-order chi connectivity index (χ0) is 26.1. The van der Waals surface area contributed by atoms with Crippen LogP contribution in [0.4, 0.5) is 0 Å². The number of aliphatic carboxylic acids is 1. The second-order valence-electron chi connectivity index (χ2n) is 10.4. The average Bonchev–Trinajstić information content (AvgIpc) is 2.74. The van der Waals surface area contributed by atoms with Crippen molar-refractivity contribution in [3.05, 3.63) is 0 Å². The lowest BCUT2D eigenvalue weighted by molar-refractivity contribution is -0.439. The molecule has 0 aromatic heterocycles. The fourth-order valence-corrected chi connectivity index (χ4v) is 4.94. The predicted octanol–water partition coefficient (Wildman–Crippen LogP) is -1.48. The molecule has 0 radical (unpaired) electrons. The summed E-state index contributed by atoms with van der Waals surface area (Å²) in [4.78, 5) is 16.4. The lowest BCUT2D eigenvalue weighted by Gasteiger charge is -2.66. The molecule has 2 saturated heterocycles. The SMILES string of the molecule is C=NC1(C)C(OC2(C)C(C)(C(=O)[O-])OC(C)C(C)(O)C2(C)O)OC(C)(CO)C(O)C1(C)OC. The van der Waals surface area contributed by atoms with Crippen molar-refractivity contribution >= 4 is 12.7 Å². The molecule has 0 bridgehead atoms. The molecule has 0 saturated carbocycles. The van der Waals surface area contributed by atoms with Gasteiger partial charge in [0.2, 0.25) is 0 Å². The smallest absolute Gasteiger partial charge is 0.187 e. The van der Waals surface area contributed by atoms with Crippen molar-refractivity contribution < 1.29 is 49.3 Å². The standard InChI is InChI=1S/C22H39NO10/c1-12-18(4,28)21(7,29)22(8,20(6,31-12)14(26)27)33-15-17(3,23-9)19(5,30-10)13(25)16(2,11-24)32-15/h12-13,15,24-25,28-29H,9,11H2,1-8,10H3,(H,26,27)/p-1. The van der Waals surface area contributed by atoms with Gasteiger partial charge in [0.15, 0.2) is 6.29 Å². The summed E-state index contributed by atoms with van der Waals surface area (Å²) in [6.07, 6.45) is -4.08. The Balaban J connectivity index is 2.78. The molecule has 0 spiro atoms. The van der Waals surface area contributed by atoms with Gasteiger partial charge in [-0.25, -0.2) is 0 Å². The van der Waals surface area contributed by atoms with Gasteiger partial charge in [-0.2, -0.15) is 0 Å². The van der Waals surface area contributed by atoms with Crippen LogP contribution in [0.2, 0.25) is 0 Å². The van der Waals surface area contributed by atoms with Gasteiger partial charge in [-0.15, -0.1) is 0 Å². The zero-order valence-electron chi connectivity index (χ0n) is 20.8. The van der Waals surface area contributed by atoms with E-state index in [0.29, 0.717) is 0 Å². The third-order valence-electron chi connectivity index (χ3n) is 8.77. The number of carbonyl (C=O) groups is 1. The van der Waals surface area contributed by atoms with Crippen LogP contribution < -0.4 is 5.11 Å². The maximum atomic E-state index is 12.3. The minimum Gasteiger partial charge on any atom is -0.547 e. The number of ether oxygens (including phenoxy) is 4. The molecule has 0 aliphatic carbocycles. The zero-order valence-corrected chi connectivity index (χ0v) is 20.8. The number of rotatable bonds is 6. The molecule has 2 aliphatic rings. The Kier molecular flexibility index (Phi) is 6.74. The van der Waals surface area contributed by atoms with Gasteiger partial charge in [0.25, 0.3) is 0 Å². The first-order valence-electron chi connectivity index (χ1n) is 10.7. The first kappa shape index (κ1) is 28.1. The Morgan fingerprint density at radius 1 is 1.12 bits per heavy atom. The number of carbonyl (C=O) groups excluding carboxylic acids is 1. The fraction of sp³-hybridized carbons (Fsp3) is 0.909. The van der Waals surface area contributed by atoms with E-state index in [1.54, 1.807) is 0 Å². The fourth-order valence-electron chi connectivity index (χ4n) is 4.94. The van der Waals surface area contributed by atoms with Crippen LogP contribution in [-0.2, 0) is 23.7 Å².